The molecular formula is C51H33N5. The van der Waals surface area contributed by atoms with Crippen LogP contribution in [0.5, 0.6) is 0 Å². The van der Waals surface area contributed by atoms with Gasteiger partial charge in [0, 0.05) is 27.1 Å². The van der Waals surface area contributed by atoms with E-state index < -0.39 is 0 Å². The number of rotatable bonds is 4. The van der Waals surface area contributed by atoms with E-state index in [1.807, 2.05) is 6.07 Å². The maximum absolute atomic E-state index is 5.49. The second kappa shape index (κ2) is 13.0. The fourth-order valence-corrected chi connectivity index (χ4v) is 8.33. The van der Waals surface area contributed by atoms with Gasteiger partial charge in [-0.2, -0.15) is 15.0 Å². The highest BCUT2D eigenvalue weighted by molar-refractivity contribution is 6.19. The Bertz CT molecular complexity index is 3220. The monoisotopic (exact) mass is 715 g/mol. The molecule has 11 rings (SSSR count). The van der Waals surface area contributed by atoms with E-state index in [0.717, 1.165) is 71.1 Å². The zero-order valence-corrected chi connectivity index (χ0v) is 30.3. The average Bonchev–Trinajstić information content (AvgIpc) is 3.63. The van der Waals surface area contributed by atoms with Gasteiger partial charge in [-0.05, 0) is 63.0 Å². The molecule has 0 bridgehead atoms. The van der Waals surface area contributed by atoms with Crippen molar-refractivity contribution in [3.63, 3.8) is 0 Å². The average molecular weight is 716 g/mol. The third kappa shape index (κ3) is 5.13. The molecule has 5 heteroatoms. The van der Waals surface area contributed by atoms with Crippen LogP contribution in [0.3, 0.4) is 0 Å². The molecular weight excluding hydrogens is 683 g/mol. The van der Waals surface area contributed by atoms with Crippen molar-refractivity contribution in [3.8, 4) is 34.4 Å². The summed E-state index contributed by atoms with van der Waals surface area (Å²) in [6.45, 7) is 0. The number of hydrogen-bond acceptors (Lipinski definition) is 3. The van der Waals surface area contributed by atoms with Crippen LogP contribution in [0, 0.1) is 0 Å². The minimum absolute atomic E-state index is 0.522. The third-order valence-electron chi connectivity index (χ3n) is 10.8. The minimum atomic E-state index is 0.522. The number of hydrogen-bond donors (Lipinski definition) is 0. The molecule has 0 N–H and O–H groups in total. The summed E-state index contributed by atoms with van der Waals surface area (Å²) in [5, 5.41) is 9.08. The first-order valence-corrected chi connectivity index (χ1v) is 18.9. The quantitative estimate of drug-likeness (QED) is 0.182. The lowest BCUT2D eigenvalue weighted by atomic mass is 10.0. The van der Waals surface area contributed by atoms with Gasteiger partial charge in [-0.1, -0.05) is 170 Å². The second-order valence-corrected chi connectivity index (χ2v) is 14.0. The molecule has 0 aliphatic carbocycles. The predicted octanol–water partition coefficient (Wildman–Crippen LogP) is 12.8. The van der Waals surface area contributed by atoms with Gasteiger partial charge in [-0.3, -0.25) is 9.13 Å². The van der Waals surface area contributed by atoms with Crippen LogP contribution in [-0.2, 0) is 0 Å². The summed E-state index contributed by atoms with van der Waals surface area (Å²) in [6.07, 6.45) is 0. The molecule has 0 saturated heterocycles. The molecule has 11 aromatic rings. The van der Waals surface area contributed by atoms with Gasteiger partial charge in [0.05, 0.1) is 22.1 Å². The Morgan fingerprint density at radius 1 is 0.250 bits per heavy atom. The lowest BCUT2D eigenvalue weighted by Crippen LogP contribution is -2.11. The van der Waals surface area contributed by atoms with Gasteiger partial charge >= 0.3 is 0 Å². The van der Waals surface area contributed by atoms with E-state index in [9.17, 15) is 0 Å². The maximum Gasteiger partial charge on any atom is 0.240 e. The fourth-order valence-electron chi connectivity index (χ4n) is 8.33. The lowest BCUT2D eigenvalue weighted by Gasteiger charge is -2.15. The number of benzene rings is 8. The van der Waals surface area contributed by atoms with Crippen molar-refractivity contribution in [2.24, 2.45) is 0 Å². The summed E-state index contributed by atoms with van der Waals surface area (Å²) in [5.74, 6) is 1.65. The van der Waals surface area contributed by atoms with Crippen molar-refractivity contribution in [3.05, 3.63) is 200 Å². The summed E-state index contributed by atoms with van der Waals surface area (Å²) < 4.78 is 4.41. The molecule has 0 atom stereocenters. The Morgan fingerprint density at radius 2 is 0.571 bits per heavy atom. The summed E-state index contributed by atoms with van der Waals surface area (Å²) in [5.41, 5.74) is 7.14. The Labute approximate surface area is 322 Å². The largest absolute Gasteiger partial charge is 0.278 e. The summed E-state index contributed by atoms with van der Waals surface area (Å²) in [6, 6.07) is 70.5. The molecule has 3 heterocycles. The fraction of sp³-hybridized carbons (Fsp3) is 0. The van der Waals surface area contributed by atoms with Gasteiger partial charge < -0.3 is 0 Å². The molecule has 0 fully saturated rings. The molecule has 0 amide bonds. The minimum Gasteiger partial charge on any atom is -0.278 e. The van der Waals surface area contributed by atoms with E-state index >= 15 is 0 Å². The van der Waals surface area contributed by atoms with Gasteiger partial charge in [-0.15, -0.1) is 0 Å². The molecule has 8 aromatic carbocycles. The number of para-hydroxylation sites is 4. The molecule has 0 aliphatic heterocycles. The van der Waals surface area contributed by atoms with Crippen molar-refractivity contribution >= 4 is 65.2 Å². The van der Waals surface area contributed by atoms with E-state index in [0.29, 0.717) is 17.7 Å². The van der Waals surface area contributed by atoms with Crippen LogP contribution in [0.25, 0.3) is 99.6 Å². The molecule has 0 radical (unpaired) electrons. The summed E-state index contributed by atoms with van der Waals surface area (Å²) >= 11 is 0. The van der Waals surface area contributed by atoms with Crippen LogP contribution in [0.2, 0.25) is 0 Å². The van der Waals surface area contributed by atoms with E-state index in [-0.39, 0.29) is 0 Å². The molecule has 56 heavy (non-hydrogen) atoms. The first-order chi connectivity index (χ1) is 27.8. The number of aromatic nitrogens is 5. The number of fused-ring (bicyclic) bond motifs is 10. The van der Waals surface area contributed by atoms with E-state index in [2.05, 4.69) is 203 Å². The Kier molecular flexibility index (Phi) is 7.42. The van der Waals surface area contributed by atoms with Gasteiger partial charge in [0.15, 0.2) is 5.82 Å². The smallest absolute Gasteiger partial charge is 0.240 e. The first-order valence-electron chi connectivity index (χ1n) is 18.9. The Morgan fingerprint density at radius 3 is 1.02 bits per heavy atom. The first kappa shape index (κ1) is 31.9. The van der Waals surface area contributed by atoms with Crippen LogP contribution in [-0.4, -0.2) is 24.1 Å². The van der Waals surface area contributed by atoms with Crippen molar-refractivity contribution < 1.29 is 0 Å². The second-order valence-electron chi connectivity index (χ2n) is 14.0. The zero-order valence-electron chi connectivity index (χ0n) is 30.3. The Hall–Kier alpha value is -7.63. The van der Waals surface area contributed by atoms with E-state index in [4.69, 9.17) is 15.0 Å². The van der Waals surface area contributed by atoms with Crippen LogP contribution in [0.4, 0.5) is 0 Å². The highest BCUT2D eigenvalue weighted by atomic mass is 15.3. The Balaban J connectivity index is 1.33. The maximum atomic E-state index is 5.49. The molecule has 0 unspecified atom stereocenters. The molecule has 0 saturated carbocycles. The van der Waals surface area contributed by atoms with E-state index in [1.165, 1.54) is 10.8 Å². The van der Waals surface area contributed by atoms with Gasteiger partial charge in [0.1, 0.15) is 0 Å². The SMILES string of the molecule is c1ccc(-c2cccc(-c3nc(-n4c5ccccc5c5ccccc5c5ccccc5c5ccccc54)nc(-n4c5ccccc5c5ccccc54)n3)c2)cc1. The van der Waals surface area contributed by atoms with Crippen LogP contribution >= 0.6 is 0 Å². The standard InChI is InChI=1S/C51H33N5/c1-2-17-34(18-3-1)35-19-16-20-36(33-35)49-52-50(54-51(53-49)56-47-31-14-10-27-43(47)44-28-11-15-32-48(44)56)55-45-29-12-8-25-41(45)39-23-6-4-21-37(39)38-22-5-7-24-40(38)42-26-9-13-30-46(42)55/h1-33H. The summed E-state index contributed by atoms with van der Waals surface area (Å²) in [4.78, 5) is 16.3. The predicted molar refractivity (Wildman–Crippen MR) is 232 cm³/mol. The van der Waals surface area contributed by atoms with Crippen molar-refractivity contribution in [2.45, 2.75) is 0 Å². The van der Waals surface area contributed by atoms with Crippen LogP contribution < -0.4 is 0 Å². The number of nitrogens with zero attached hydrogens (tertiary/aromatic N) is 5. The molecule has 0 aliphatic rings. The molecule has 5 nitrogen and oxygen atoms in total. The van der Waals surface area contributed by atoms with Crippen molar-refractivity contribution in [1.82, 2.24) is 24.1 Å². The molecule has 3 aromatic heterocycles. The lowest BCUT2D eigenvalue weighted by molar-refractivity contribution is 0.891. The van der Waals surface area contributed by atoms with Gasteiger partial charge in [-0.25, -0.2) is 0 Å². The van der Waals surface area contributed by atoms with Crippen LogP contribution in [0.1, 0.15) is 0 Å². The van der Waals surface area contributed by atoms with E-state index in [1.54, 1.807) is 0 Å². The highest BCUT2D eigenvalue weighted by Gasteiger charge is 2.20. The topological polar surface area (TPSA) is 48.5 Å². The highest BCUT2D eigenvalue weighted by Crippen LogP contribution is 2.36. The summed E-state index contributed by atoms with van der Waals surface area (Å²) in [7, 11) is 0. The van der Waals surface area contributed by atoms with Crippen LogP contribution in [0.15, 0.2) is 200 Å². The normalized spacial score (nSPS) is 11.6. The zero-order chi connectivity index (χ0) is 37.0. The van der Waals surface area contributed by atoms with Crippen molar-refractivity contribution in [1.29, 1.82) is 0 Å². The van der Waals surface area contributed by atoms with Gasteiger partial charge in [0.2, 0.25) is 11.9 Å². The third-order valence-corrected chi connectivity index (χ3v) is 10.8. The molecule has 262 valence electrons. The van der Waals surface area contributed by atoms with Gasteiger partial charge in [0.25, 0.3) is 0 Å². The van der Waals surface area contributed by atoms with Crippen molar-refractivity contribution in [2.75, 3.05) is 0 Å². The molecule has 0 spiro atoms.